The van der Waals surface area contributed by atoms with Gasteiger partial charge in [0.1, 0.15) is 22.7 Å². The molecule has 5 aromatic rings. The van der Waals surface area contributed by atoms with E-state index in [1.165, 1.54) is 15.6 Å². The zero-order valence-electron chi connectivity index (χ0n) is 19.9. The predicted molar refractivity (Wildman–Crippen MR) is 138 cm³/mol. The van der Waals surface area contributed by atoms with Gasteiger partial charge >= 0.3 is 0 Å². The van der Waals surface area contributed by atoms with Crippen molar-refractivity contribution in [2.75, 3.05) is 18.5 Å². The first-order valence-electron chi connectivity index (χ1n) is 11.4. The zero-order valence-corrected chi connectivity index (χ0v) is 20.7. The van der Waals surface area contributed by atoms with Crippen molar-refractivity contribution in [2.45, 2.75) is 13.8 Å². The number of aromatic nitrogens is 6. The summed E-state index contributed by atoms with van der Waals surface area (Å²) in [4.78, 5) is 32.7. The normalized spacial score (nSPS) is 11.0. The fraction of sp³-hybridized carbons (Fsp3) is 0.160. The molecule has 0 bridgehead atoms. The lowest BCUT2D eigenvalue weighted by atomic mass is 10.3. The van der Waals surface area contributed by atoms with Gasteiger partial charge in [-0.2, -0.15) is 19.9 Å². The molecule has 2 N–H and O–H groups in total. The van der Waals surface area contributed by atoms with Gasteiger partial charge in [0, 0.05) is 11.1 Å². The van der Waals surface area contributed by atoms with Crippen molar-refractivity contribution >= 4 is 34.4 Å². The summed E-state index contributed by atoms with van der Waals surface area (Å²) in [5.41, 5.74) is 1.15. The molecule has 0 saturated heterocycles. The number of hydrogen-bond acceptors (Lipinski definition) is 7. The number of hydrogen-bond donors (Lipinski definition) is 2. The number of H-pyrrole nitrogens is 1. The minimum Gasteiger partial charge on any atom is -0.494 e. The van der Waals surface area contributed by atoms with Gasteiger partial charge in [-0.1, -0.05) is 17.7 Å². The van der Waals surface area contributed by atoms with Gasteiger partial charge in [0.2, 0.25) is 5.95 Å². The van der Waals surface area contributed by atoms with E-state index in [1.54, 1.807) is 61.5 Å². The third-order valence-electron chi connectivity index (χ3n) is 5.28. The van der Waals surface area contributed by atoms with Crippen LogP contribution in [0, 0.1) is 6.92 Å². The molecule has 188 valence electrons. The molecule has 2 aromatic carbocycles. The lowest BCUT2D eigenvalue weighted by Crippen LogP contribution is -2.23. The van der Waals surface area contributed by atoms with Crippen LogP contribution < -0.4 is 20.3 Å². The van der Waals surface area contributed by atoms with Gasteiger partial charge in [0.25, 0.3) is 11.5 Å². The highest BCUT2D eigenvalue weighted by Crippen LogP contribution is 2.21. The van der Waals surface area contributed by atoms with E-state index < -0.39 is 11.5 Å². The van der Waals surface area contributed by atoms with E-state index in [1.807, 2.05) is 6.92 Å². The van der Waals surface area contributed by atoms with Gasteiger partial charge in [-0.15, -0.1) is 0 Å². The molecule has 37 heavy (non-hydrogen) atoms. The highest BCUT2D eigenvalue weighted by atomic mass is 35.5. The molecular weight excluding hydrogens is 498 g/mol. The number of nitrogens with one attached hydrogen (secondary N) is 2. The number of aryl methyl sites for hydroxylation is 1. The predicted octanol–water partition coefficient (Wildman–Crippen LogP) is 3.67. The number of carbonyl (C=O) groups excluding carboxylic acids is 1. The second-order valence-electron chi connectivity index (χ2n) is 7.99. The second kappa shape index (κ2) is 10.2. The summed E-state index contributed by atoms with van der Waals surface area (Å²) in [5.74, 6) is 1.25. The number of aromatic amines is 1. The van der Waals surface area contributed by atoms with E-state index in [2.05, 4.69) is 25.5 Å². The van der Waals surface area contributed by atoms with Crippen LogP contribution in [0.1, 0.15) is 12.6 Å². The van der Waals surface area contributed by atoms with Crippen molar-refractivity contribution in [2.24, 2.45) is 0 Å². The SMILES string of the molecule is CCOc1ccc(OCC(=O)Nc2cc(C)nn2-c2nc3c(cnn3-c3cccc(Cl)c3)c(=O)[nH]2)cc1. The zero-order chi connectivity index (χ0) is 25.9. The summed E-state index contributed by atoms with van der Waals surface area (Å²) in [6, 6.07) is 15.7. The van der Waals surface area contributed by atoms with Crippen LogP contribution in [0.25, 0.3) is 22.7 Å². The molecule has 0 fully saturated rings. The molecule has 11 nitrogen and oxygen atoms in total. The molecule has 0 aliphatic rings. The minimum absolute atomic E-state index is 0.108. The standard InChI is InChI=1S/C25H22ClN7O4/c1-3-36-18-7-9-19(10-8-18)37-14-22(34)28-21-11-15(2)31-33(21)25-29-23-20(24(35)30-25)13-27-32(23)17-6-4-5-16(26)12-17/h4-13H,3,14H2,1-2H3,(H,28,34)(H,29,30,35). The Morgan fingerprint density at radius 3 is 2.57 bits per heavy atom. The van der Waals surface area contributed by atoms with E-state index in [4.69, 9.17) is 21.1 Å². The quantitative estimate of drug-likeness (QED) is 0.320. The highest BCUT2D eigenvalue weighted by Gasteiger charge is 2.17. The molecular formula is C25H22ClN7O4. The van der Waals surface area contributed by atoms with E-state index in [-0.39, 0.29) is 12.6 Å². The number of carbonyl (C=O) groups is 1. The Labute approximate surface area is 215 Å². The Kier molecular flexibility index (Phi) is 6.60. The topological polar surface area (TPSA) is 129 Å². The van der Waals surface area contributed by atoms with Crippen molar-refractivity contribution < 1.29 is 14.3 Å². The van der Waals surface area contributed by atoms with Crippen molar-refractivity contribution in [1.29, 1.82) is 0 Å². The first-order valence-corrected chi connectivity index (χ1v) is 11.8. The smallest absolute Gasteiger partial charge is 0.263 e. The molecule has 0 saturated carbocycles. The third-order valence-corrected chi connectivity index (χ3v) is 5.52. The number of benzene rings is 2. The molecule has 0 spiro atoms. The molecule has 0 aliphatic heterocycles. The van der Waals surface area contributed by atoms with Crippen molar-refractivity contribution in [1.82, 2.24) is 29.5 Å². The average Bonchev–Trinajstić information content (AvgIpc) is 3.47. The van der Waals surface area contributed by atoms with Crippen LogP contribution in [-0.4, -0.2) is 48.6 Å². The molecule has 3 heterocycles. The third kappa shape index (κ3) is 5.16. The molecule has 1 amide bonds. The maximum Gasteiger partial charge on any atom is 0.263 e. The molecule has 0 atom stereocenters. The van der Waals surface area contributed by atoms with E-state index in [9.17, 15) is 9.59 Å². The largest absolute Gasteiger partial charge is 0.494 e. The van der Waals surface area contributed by atoms with Crippen LogP contribution in [0.2, 0.25) is 5.02 Å². The molecule has 0 aliphatic carbocycles. The van der Waals surface area contributed by atoms with Gasteiger partial charge in [-0.3, -0.25) is 14.6 Å². The van der Waals surface area contributed by atoms with Crippen molar-refractivity contribution in [3.8, 4) is 23.1 Å². The Bertz CT molecular complexity index is 1640. The summed E-state index contributed by atoms with van der Waals surface area (Å²) in [6.45, 7) is 3.99. The maximum atomic E-state index is 12.8. The fourth-order valence-corrected chi connectivity index (χ4v) is 3.87. The van der Waals surface area contributed by atoms with E-state index >= 15 is 0 Å². The number of fused-ring (bicyclic) bond motifs is 1. The first-order chi connectivity index (χ1) is 17.9. The number of nitrogens with zero attached hydrogens (tertiary/aromatic N) is 5. The fourth-order valence-electron chi connectivity index (χ4n) is 3.68. The number of amides is 1. The Hall–Kier alpha value is -4.64. The van der Waals surface area contributed by atoms with Crippen LogP contribution in [0.15, 0.2) is 65.6 Å². The van der Waals surface area contributed by atoms with Gasteiger partial charge in [-0.25, -0.2) is 4.68 Å². The van der Waals surface area contributed by atoms with Gasteiger partial charge < -0.3 is 14.8 Å². The maximum absolute atomic E-state index is 12.8. The summed E-state index contributed by atoms with van der Waals surface area (Å²) in [6.07, 6.45) is 1.43. The lowest BCUT2D eigenvalue weighted by molar-refractivity contribution is -0.118. The summed E-state index contributed by atoms with van der Waals surface area (Å²) in [7, 11) is 0. The Morgan fingerprint density at radius 1 is 1.08 bits per heavy atom. The average molecular weight is 520 g/mol. The number of ether oxygens (including phenoxy) is 2. The number of halogens is 1. The molecule has 0 unspecified atom stereocenters. The van der Waals surface area contributed by atoms with Crippen LogP contribution >= 0.6 is 11.6 Å². The molecule has 0 radical (unpaired) electrons. The van der Waals surface area contributed by atoms with Crippen LogP contribution in [-0.2, 0) is 4.79 Å². The van der Waals surface area contributed by atoms with Crippen LogP contribution in [0.3, 0.4) is 0 Å². The van der Waals surface area contributed by atoms with E-state index in [0.717, 1.165) is 0 Å². The number of anilines is 1. The molecule has 12 heteroatoms. The second-order valence-corrected chi connectivity index (χ2v) is 8.42. The summed E-state index contributed by atoms with van der Waals surface area (Å²) >= 11 is 6.13. The van der Waals surface area contributed by atoms with Gasteiger partial charge in [0.05, 0.1) is 24.2 Å². The Balaban J connectivity index is 1.39. The van der Waals surface area contributed by atoms with E-state index in [0.29, 0.717) is 51.4 Å². The lowest BCUT2D eigenvalue weighted by Gasteiger charge is -2.10. The summed E-state index contributed by atoms with van der Waals surface area (Å²) in [5, 5.41) is 12.3. The summed E-state index contributed by atoms with van der Waals surface area (Å²) < 4.78 is 13.8. The van der Waals surface area contributed by atoms with Crippen LogP contribution in [0.5, 0.6) is 11.5 Å². The monoisotopic (exact) mass is 519 g/mol. The molecule has 3 aromatic heterocycles. The first kappa shape index (κ1) is 24.1. The van der Waals surface area contributed by atoms with Gasteiger partial charge in [0.15, 0.2) is 12.3 Å². The van der Waals surface area contributed by atoms with Crippen molar-refractivity contribution in [3.63, 3.8) is 0 Å². The Morgan fingerprint density at radius 2 is 1.84 bits per heavy atom. The number of rotatable bonds is 8. The van der Waals surface area contributed by atoms with Crippen molar-refractivity contribution in [3.05, 3.63) is 81.9 Å². The van der Waals surface area contributed by atoms with Gasteiger partial charge in [-0.05, 0) is 56.3 Å². The molecule has 5 rings (SSSR count). The van der Waals surface area contributed by atoms with Crippen LogP contribution in [0.4, 0.5) is 5.82 Å². The highest BCUT2D eigenvalue weighted by molar-refractivity contribution is 6.30. The minimum atomic E-state index is -0.414.